The van der Waals surface area contributed by atoms with E-state index >= 15 is 0 Å². The molecule has 0 radical (unpaired) electrons. The zero-order valence-electron chi connectivity index (χ0n) is 11.2. The molecule has 1 aliphatic carbocycles. The largest absolute Gasteiger partial charge is 0.329 e. The molecule has 0 spiro atoms. The second kappa shape index (κ2) is 5.40. The Labute approximate surface area is 120 Å². The molecular formula is C13H17N3O3S. The molecule has 6 nitrogen and oxygen atoms in total. The number of nitrogens with one attached hydrogen (secondary N) is 1. The Morgan fingerprint density at radius 1 is 1.10 bits per heavy atom. The van der Waals surface area contributed by atoms with E-state index < -0.39 is 0 Å². The van der Waals surface area contributed by atoms with Crippen molar-refractivity contribution in [3.63, 3.8) is 0 Å². The van der Waals surface area contributed by atoms with Crippen molar-refractivity contribution in [1.82, 2.24) is 14.8 Å². The topological polar surface area (TPSA) is 71.4 Å². The first kappa shape index (κ1) is 13.4. The van der Waals surface area contributed by atoms with Crippen LogP contribution in [-0.2, 0) is 24.2 Å². The van der Waals surface area contributed by atoms with Gasteiger partial charge in [-0.15, -0.1) is 0 Å². The highest BCUT2D eigenvalue weighted by Crippen LogP contribution is 2.23. The fourth-order valence-corrected chi connectivity index (χ4v) is 3.92. The van der Waals surface area contributed by atoms with Crippen LogP contribution in [0, 0.1) is 0 Å². The molecule has 3 amide bonds. The average Bonchev–Trinajstić information content (AvgIpc) is 2.92. The SMILES string of the molecule is O=C1CNC(=O)N1CCCn1c2c(sc1=O)CCCC2. The molecular weight excluding hydrogens is 278 g/mol. The fraction of sp³-hybridized carbons (Fsp3) is 0.615. The van der Waals surface area contributed by atoms with E-state index in [4.69, 9.17) is 0 Å². The van der Waals surface area contributed by atoms with Gasteiger partial charge in [0.15, 0.2) is 0 Å². The third-order valence-electron chi connectivity index (χ3n) is 3.85. The van der Waals surface area contributed by atoms with Crippen LogP contribution < -0.4 is 10.2 Å². The maximum absolute atomic E-state index is 12.0. The van der Waals surface area contributed by atoms with Crippen molar-refractivity contribution in [3.05, 3.63) is 20.2 Å². The van der Waals surface area contributed by atoms with Crippen LogP contribution >= 0.6 is 11.3 Å². The van der Waals surface area contributed by atoms with Crippen LogP contribution in [0.1, 0.15) is 29.8 Å². The molecule has 0 atom stereocenters. The third-order valence-corrected chi connectivity index (χ3v) is 4.93. The molecule has 20 heavy (non-hydrogen) atoms. The molecule has 1 aromatic rings. The standard InChI is InChI=1S/C13H17N3O3S/c17-11-8-14-12(18)16(11)7-3-6-15-9-4-1-2-5-10(9)20-13(15)19/h1-8H2,(H,14,18). The number of thiazole rings is 1. The zero-order chi connectivity index (χ0) is 14.1. The number of amides is 3. The van der Waals surface area contributed by atoms with Crippen LogP contribution in [0.5, 0.6) is 0 Å². The Morgan fingerprint density at radius 3 is 2.65 bits per heavy atom. The number of fused-ring (bicyclic) bond motifs is 1. The third kappa shape index (κ3) is 2.37. The molecule has 0 bridgehead atoms. The number of imide groups is 1. The molecule has 1 aromatic heterocycles. The minimum Gasteiger partial charge on any atom is -0.329 e. The second-order valence-electron chi connectivity index (χ2n) is 5.15. The molecule has 0 aromatic carbocycles. The van der Waals surface area contributed by atoms with E-state index in [1.165, 1.54) is 26.8 Å². The van der Waals surface area contributed by atoms with Crippen molar-refractivity contribution >= 4 is 23.3 Å². The summed E-state index contributed by atoms with van der Waals surface area (Å²) in [6.07, 6.45) is 4.90. The number of aromatic nitrogens is 1. The Morgan fingerprint density at radius 2 is 1.90 bits per heavy atom. The Bertz CT molecular complexity index is 588. The quantitative estimate of drug-likeness (QED) is 0.832. The zero-order valence-corrected chi connectivity index (χ0v) is 12.0. The van der Waals surface area contributed by atoms with Gasteiger partial charge in [-0.05, 0) is 32.1 Å². The molecule has 0 unspecified atom stereocenters. The van der Waals surface area contributed by atoms with Crippen LogP contribution in [0.2, 0.25) is 0 Å². The summed E-state index contributed by atoms with van der Waals surface area (Å²) in [7, 11) is 0. The number of hydrogen-bond donors (Lipinski definition) is 1. The molecule has 1 fully saturated rings. The number of rotatable bonds is 4. The van der Waals surface area contributed by atoms with Gasteiger partial charge in [-0.3, -0.25) is 14.5 Å². The highest BCUT2D eigenvalue weighted by atomic mass is 32.1. The Kier molecular flexibility index (Phi) is 3.60. The van der Waals surface area contributed by atoms with E-state index in [0.717, 1.165) is 25.7 Å². The summed E-state index contributed by atoms with van der Waals surface area (Å²) in [5, 5.41) is 2.50. The first-order chi connectivity index (χ1) is 9.66. The number of urea groups is 1. The summed E-state index contributed by atoms with van der Waals surface area (Å²) in [6, 6.07) is -0.324. The number of nitrogens with zero attached hydrogens (tertiary/aromatic N) is 2. The summed E-state index contributed by atoms with van der Waals surface area (Å²) in [6.45, 7) is 1.05. The lowest BCUT2D eigenvalue weighted by atomic mass is 10.0. The van der Waals surface area contributed by atoms with Gasteiger partial charge in [-0.1, -0.05) is 11.3 Å². The van der Waals surface area contributed by atoms with Crippen LogP contribution in [0.15, 0.2) is 4.79 Å². The lowest BCUT2D eigenvalue weighted by Gasteiger charge is -2.15. The van der Waals surface area contributed by atoms with Crippen LogP contribution in [-0.4, -0.2) is 34.5 Å². The smallest absolute Gasteiger partial charge is 0.324 e. The maximum atomic E-state index is 12.0. The first-order valence-electron chi connectivity index (χ1n) is 6.96. The van der Waals surface area contributed by atoms with Crippen molar-refractivity contribution in [2.75, 3.05) is 13.1 Å². The van der Waals surface area contributed by atoms with Crippen LogP contribution in [0.3, 0.4) is 0 Å². The van der Waals surface area contributed by atoms with Gasteiger partial charge in [0.05, 0.1) is 6.54 Å². The molecule has 1 saturated heterocycles. The van der Waals surface area contributed by atoms with Gasteiger partial charge in [0.25, 0.3) is 0 Å². The van der Waals surface area contributed by atoms with E-state index in [-0.39, 0.29) is 23.4 Å². The van der Waals surface area contributed by atoms with E-state index in [1.54, 1.807) is 0 Å². The highest BCUT2D eigenvalue weighted by Gasteiger charge is 2.27. The lowest BCUT2D eigenvalue weighted by Crippen LogP contribution is -2.33. The first-order valence-corrected chi connectivity index (χ1v) is 7.78. The van der Waals surface area contributed by atoms with Gasteiger partial charge < -0.3 is 9.88 Å². The molecule has 7 heteroatoms. The monoisotopic (exact) mass is 295 g/mol. The lowest BCUT2D eigenvalue weighted by molar-refractivity contribution is -0.125. The predicted molar refractivity (Wildman–Crippen MR) is 74.9 cm³/mol. The van der Waals surface area contributed by atoms with Crippen molar-refractivity contribution < 1.29 is 9.59 Å². The van der Waals surface area contributed by atoms with Gasteiger partial charge in [0.2, 0.25) is 5.91 Å². The summed E-state index contributed by atoms with van der Waals surface area (Å²) in [5.74, 6) is -0.185. The molecule has 3 rings (SSSR count). The summed E-state index contributed by atoms with van der Waals surface area (Å²) in [4.78, 5) is 37.4. The van der Waals surface area contributed by atoms with Crippen LogP contribution in [0.25, 0.3) is 0 Å². The summed E-state index contributed by atoms with van der Waals surface area (Å²) in [5.41, 5.74) is 1.17. The second-order valence-corrected chi connectivity index (χ2v) is 6.20. The van der Waals surface area contributed by atoms with Gasteiger partial charge in [-0.25, -0.2) is 4.79 Å². The minimum atomic E-state index is -0.324. The van der Waals surface area contributed by atoms with Crippen molar-refractivity contribution in [2.24, 2.45) is 0 Å². The van der Waals surface area contributed by atoms with Gasteiger partial charge in [0, 0.05) is 23.7 Å². The molecule has 2 aliphatic rings. The van der Waals surface area contributed by atoms with Crippen molar-refractivity contribution in [1.29, 1.82) is 0 Å². The molecule has 2 heterocycles. The fourth-order valence-electron chi connectivity index (χ4n) is 2.82. The Hall–Kier alpha value is -1.63. The van der Waals surface area contributed by atoms with Gasteiger partial charge >= 0.3 is 10.9 Å². The average molecular weight is 295 g/mol. The number of carbonyl (C=O) groups is 2. The van der Waals surface area contributed by atoms with Gasteiger partial charge in [-0.2, -0.15) is 0 Å². The molecule has 1 N–H and O–H groups in total. The normalized spacial score (nSPS) is 18.3. The number of aryl methyl sites for hydroxylation is 1. The van der Waals surface area contributed by atoms with E-state index in [2.05, 4.69) is 5.32 Å². The van der Waals surface area contributed by atoms with E-state index in [1.807, 2.05) is 4.57 Å². The molecule has 1 aliphatic heterocycles. The number of carbonyl (C=O) groups excluding carboxylic acids is 2. The predicted octanol–water partition coefficient (Wildman–Crippen LogP) is 0.731. The van der Waals surface area contributed by atoms with Crippen molar-refractivity contribution in [3.8, 4) is 0 Å². The van der Waals surface area contributed by atoms with E-state index in [0.29, 0.717) is 19.5 Å². The number of hydrogen-bond acceptors (Lipinski definition) is 4. The van der Waals surface area contributed by atoms with Crippen molar-refractivity contribution in [2.45, 2.75) is 38.6 Å². The maximum Gasteiger partial charge on any atom is 0.324 e. The molecule has 108 valence electrons. The van der Waals surface area contributed by atoms with Crippen LogP contribution in [0.4, 0.5) is 4.79 Å². The highest BCUT2D eigenvalue weighted by molar-refractivity contribution is 7.09. The summed E-state index contributed by atoms with van der Waals surface area (Å²) < 4.78 is 1.83. The minimum absolute atomic E-state index is 0.0899. The summed E-state index contributed by atoms with van der Waals surface area (Å²) >= 11 is 1.35. The van der Waals surface area contributed by atoms with Gasteiger partial charge in [0.1, 0.15) is 0 Å². The van der Waals surface area contributed by atoms with E-state index in [9.17, 15) is 14.4 Å². The molecule has 0 saturated carbocycles. The Balaban J connectivity index is 1.64.